The fraction of sp³-hybridized carbons (Fsp3) is 0.375. The minimum absolute atomic E-state index is 0.0528. The quantitative estimate of drug-likeness (QED) is 0.517. The summed E-state index contributed by atoms with van der Waals surface area (Å²) < 4.78 is 51.9. The zero-order valence-electron chi connectivity index (χ0n) is 7.68. The van der Waals surface area contributed by atoms with Gasteiger partial charge in [0.25, 0.3) is 0 Å². The first kappa shape index (κ1) is 13.4. The lowest BCUT2D eigenvalue weighted by Crippen LogP contribution is -2.19. The second kappa shape index (κ2) is 5.13. The Morgan fingerprint density at radius 3 is 2.50 bits per heavy atom. The number of hydrogen-bond donors (Lipinski definition) is 1. The largest absolute Gasteiger partial charge is 0.573 e. The van der Waals surface area contributed by atoms with Crippen LogP contribution in [0.1, 0.15) is 11.3 Å². The average molecular weight is 351 g/mol. The van der Waals surface area contributed by atoms with Crippen molar-refractivity contribution < 1.29 is 27.4 Å². The molecule has 0 saturated heterocycles. The number of ether oxygens (including phenoxy) is 1. The highest BCUT2D eigenvalue weighted by molar-refractivity contribution is 14.1. The summed E-state index contributed by atoms with van der Waals surface area (Å²) in [5.41, 5.74) is -0.202. The van der Waals surface area contributed by atoms with Gasteiger partial charge in [-0.15, -0.1) is 13.2 Å². The number of pyridine rings is 1. The Balaban J connectivity index is 3.16. The molecular formula is C8H6F4INO2. The molecule has 0 atom stereocenters. The summed E-state index contributed by atoms with van der Waals surface area (Å²) in [7, 11) is 0. The van der Waals surface area contributed by atoms with Crippen LogP contribution in [0, 0.1) is 3.70 Å². The molecule has 90 valence electrons. The second-order valence-electron chi connectivity index (χ2n) is 2.73. The third-order valence-corrected chi connectivity index (χ3v) is 2.32. The Hall–Kier alpha value is -0.640. The van der Waals surface area contributed by atoms with Crippen LogP contribution < -0.4 is 4.74 Å². The van der Waals surface area contributed by atoms with Crippen molar-refractivity contribution in [2.24, 2.45) is 0 Å². The lowest BCUT2D eigenvalue weighted by atomic mass is 10.2. The van der Waals surface area contributed by atoms with E-state index in [0.717, 1.165) is 6.07 Å². The van der Waals surface area contributed by atoms with Crippen molar-refractivity contribution >= 4 is 22.6 Å². The number of hydrogen-bond acceptors (Lipinski definition) is 3. The van der Waals surface area contributed by atoms with Gasteiger partial charge >= 0.3 is 6.36 Å². The van der Waals surface area contributed by atoms with Gasteiger partial charge in [0.05, 0.1) is 12.3 Å². The molecule has 0 unspecified atom stereocenters. The van der Waals surface area contributed by atoms with Crippen molar-refractivity contribution in [1.82, 2.24) is 4.98 Å². The van der Waals surface area contributed by atoms with Gasteiger partial charge in [-0.25, -0.2) is 9.37 Å². The van der Waals surface area contributed by atoms with E-state index in [2.05, 4.69) is 9.72 Å². The molecule has 1 heterocycles. The van der Waals surface area contributed by atoms with Gasteiger partial charge in [-0.3, -0.25) is 0 Å². The number of alkyl halides is 4. The second-order valence-corrected chi connectivity index (χ2v) is 3.75. The summed E-state index contributed by atoms with van der Waals surface area (Å²) in [4.78, 5) is 3.56. The Morgan fingerprint density at radius 1 is 1.44 bits per heavy atom. The highest BCUT2D eigenvalue weighted by atomic mass is 127. The van der Waals surface area contributed by atoms with E-state index in [4.69, 9.17) is 5.11 Å². The molecule has 0 fully saturated rings. The molecule has 1 N–H and O–H groups in total. The molecule has 1 aromatic heterocycles. The molecule has 8 heteroatoms. The van der Waals surface area contributed by atoms with E-state index >= 15 is 0 Å². The smallest absolute Gasteiger partial charge is 0.403 e. The predicted octanol–water partition coefficient (Wildman–Crippen LogP) is 2.55. The lowest BCUT2D eigenvalue weighted by Gasteiger charge is -2.14. The Bertz CT molecular complexity index is 383. The topological polar surface area (TPSA) is 42.4 Å². The molecule has 0 aliphatic carbocycles. The number of rotatable bonds is 3. The summed E-state index contributed by atoms with van der Waals surface area (Å²) in [5.74, 6) is -0.590. The third-order valence-electron chi connectivity index (χ3n) is 1.59. The van der Waals surface area contributed by atoms with Crippen LogP contribution in [-0.4, -0.2) is 16.5 Å². The summed E-state index contributed by atoms with van der Waals surface area (Å²) in [5, 5.41) is 8.86. The SMILES string of the molecule is OCc1cc(CF)nc(I)c1OC(F)(F)F. The van der Waals surface area contributed by atoms with Gasteiger partial charge in [0.1, 0.15) is 10.4 Å². The standard InChI is InChI=1S/C8H6F4INO2/c9-2-5-1-4(3-15)6(7(13)14-5)16-8(10,11)12/h1,15H,2-3H2. The molecule has 0 amide bonds. The van der Waals surface area contributed by atoms with Crippen LogP contribution in [0.4, 0.5) is 17.6 Å². The van der Waals surface area contributed by atoms with E-state index in [0.29, 0.717) is 0 Å². The molecule has 0 radical (unpaired) electrons. The van der Waals surface area contributed by atoms with E-state index in [-0.39, 0.29) is 15.0 Å². The van der Waals surface area contributed by atoms with Crippen molar-refractivity contribution in [2.45, 2.75) is 19.6 Å². The molecule has 0 spiro atoms. The maximum absolute atomic E-state index is 12.3. The van der Waals surface area contributed by atoms with Crippen LogP contribution in [0.15, 0.2) is 6.07 Å². The van der Waals surface area contributed by atoms with E-state index in [9.17, 15) is 17.6 Å². The molecule has 3 nitrogen and oxygen atoms in total. The molecule has 16 heavy (non-hydrogen) atoms. The molecule has 0 saturated carbocycles. The zero-order valence-corrected chi connectivity index (χ0v) is 9.84. The van der Waals surface area contributed by atoms with Gasteiger partial charge in [-0.05, 0) is 28.7 Å². The first-order valence-corrected chi connectivity index (χ1v) is 5.06. The highest BCUT2D eigenvalue weighted by Gasteiger charge is 2.33. The molecule has 1 aromatic rings. The van der Waals surface area contributed by atoms with Crippen LogP contribution in [0.5, 0.6) is 5.75 Å². The van der Waals surface area contributed by atoms with Crippen molar-refractivity contribution in [3.8, 4) is 5.75 Å². The Morgan fingerprint density at radius 2 is 2.06 bits per heavy atom. The zero-order chi connectivity index (χ0) is 12.3. The first-order valence-electron chi connectivity index (χ1n) is 3.98. The Kier molecular flexibility index (Phi) is 4.30. The van der Waals surface area contributed by atoms with E-state index in [1.54, 1.807) is 0 Å². The van der Waals surface area contributed by atoms with Gasteiger partial charge in [-0.2, -0.15) is 0 Å². The monoisotopic (exact) mass is 351 g/mol. The van der Waals surface area contributed by atoms with Crippen LogP contribution in [0.2, 0.25) is 0 Å². The maximum Gasteiger partial charge on any atom is 0.573 e. The highest BCUT2D eigenvalue weighted by Crippen LogP contribution is 2.31. The van der Waals surface area contributed by atoms with Gasteiger partial charge in [0.15, 0.2) is 5.75 Å². The van der Waals surface area contributed by atoms with Crippen molar-refractivity contribution in [2.75, 3.05) is 0 Å². The number of halogens is 5. The molecule has 1 rings (SSSR count). The number of aliphatic hydroxyl groups excluding tert-OH is 1. The number of aliphatic hydroxyl groups is 1. The fourth-order valence-corrected chi connectivity index (χ4v) is 1.78. The van der Waals surface area contributed by atoms with E-state index in [1.807, 2.05) is 0 Å². The van der Waals surface area contributed by atoms with Crippen molar-refractivity contribution in [1.29, 1.82) is 0 Å². The molecule has 0 aliphatic heterocycles. The molecule has 0 bridgehead atoms. The minimum atomic E-state index is -4.87. The maximum atomic E-state index is 12.3. The van der Waals surface area contributed by atoms with Gasteiger partial charge in [0, 0.05) is 5.56 Å². The molecule has 0 aromatic carbocycles. The Labute approximate surface area is 102 Å². The van der Waals surface area contributed by atoms with E-state index < -0.39 is 25.4 Å². The number of nitrogens with zero attached hydrogens (tertiary/aromatic N) is 1. The van der Waals surface area contributed by atoms with Crippen molar-refractivity contribution in [3.05, 3.63) is 21.0 Å². The summed E-state index contributed by atoms with van der Waals surface area (Å²) in [6.45, 7) is -1.60. The number of aromatic nitrogens is 1. The summed E-state index contributed by atoms with van der Waals surface area (Å²) >= 11 is 1.48. The fourth-order valence-electron chi connectivity index (χ4n) is 1.02. The van der Waals surface area contributed by atoms with Crippen LogP contribution >= 0.6 is 22.6 Å². The van der Waals surface area contributed by atoms with Crippen LogP contribution in [0.25, 0.3) is 0 Å². The molecular weight excluding hydrogens is 345 g/mol. The van der Waals surface area contributed by atoms with Gasteiger partial charge < -0.3 is 9.84 Å². The van der Waals surface area contributed by atoms with Crippen LogP contribution in [-0.2, 0) is 13.3 Å². The normalized spacial score (nSPS) is 11.6. The first-order chi connectivity index (χ1) is 7.37. The average Bonchev–Trinajstić information content (AvgIpc) is 2.19. The van der Waals surface area contributed by atoms with E-state index in [1.165, 1.54) is 22.6 Å². The summed E-state index contributed by atoms with van der Waals surface area (Å²) in [6.07, 6.45) is -4.87. The summed E-state index contributed by atoms with van der Waals surface area (Å²) in [6, 6.07) is 1.03. The minimum Gasteiger partial charge on any atom is -0.403 e. The lowest BCUT2D eigenvalue weighted by molar-refractivity contribution is -0.275. The molecule has 0 aliphatic rings. The van der Waals surface area contributed by atoms with Crippen LogP contribution in [0.3, 0.4) is 0 Å². The van der Waals surface area contributed by atoms with Crippen molar-refractivity contribution in [3.63, 3.8) is 0 Å². The van der Waals surface area contributed by atoms with Gasteiger partial charge in [0.2, 0.25) is 0 Å². The van der Waals surface area contributed by atoms with Gasteiger partial charge in [-0.1, -0.05) is 0 Å². The predicted molar refractivity (Wildman–Crippen MR) is 54.4 cm³/mol. The third kappa shape index (κ3) is 3.44.